The Labute approximate surface area is 270 Å². The monoisotopic (exact) mass is 641 g/mol. The van der Waals surface area contributed by atoms with Crippen LogP contribution in [0.2, 0.25) is 0 Å². The predicted octanol–water partition coefficient (Wildman–Crippen LogP) is 3.58. The summed E-state index contributed by atoms with van der Waals surface area (Å²) >= 11 is 0. The Bertz CT molecular complexity index is 1900. The van der Waals surface area contributed by atoms with Crippen LogP contribution in [0.4, 0.5) is 27.8 Å². The third kappa shape index (κ3) is 6.57. The van der Waals surface area contributed by atoms with Gasteiger partial charge in [-0.1, -0.05) is 12.1 Å². The van der Waals surface area contributed by atoms with Crippen molar-refractivity contribution < 1.29 is 18.7 Å². The number of H-pyrrole nitrogens is 1. The Morgan fingerprint density at radius 3 is 2.81 bits per heavy atom. The van der Waals surface area contributed by atoms with Crippen molar-refractivity contribution in [2.75, 3.05) is 61.5 Å². The van der Waals surface area contributed by atoms with E-state index in [2.05, 4.69) is 35.7 Å². The minimum atomic E-state index is -0.607. The summed E-state index contributed by atoms with van der Waals surface area (Å²) in [7, 11) is 1.88. The van der Waals surface area contributed by atoms with E-state index in [4.69, 9.17) is 14.5 Å². The number of anilines is 4. The van der Waals surface area contributed by atoms with Crippen LogP contribution in [0.1, 0.15) is 17.7 Å². The molecule has 0 spiro atoms. The number of para-hydroxylation sites is 1. The summed E-state index contributed by atoms with van der Waals surface area (Å²) in [5.41, 5.74) is 5.04. The molecule has 14 nitrogen and oxygen atoms in total. The number of aryl methyl sites for hydroxylation is 3. The molecule has 7 rings (SSSR count). The topological polar surface area (TPSA) is 151 Å². The molecule has 1 atom stereocenters. The highest BCUT2D eigenvalue weighted by atomic mass is 19.1. The van der Waals surface area contributed by atoms with Gasteiger partial charge in [0.1, 0.15) is 6.10 Å². The molecular weight excluding hydrogens is 605 g/mol. The molecule has 2 saturated heterocycles. The molecule has 0 aliphatic carbocycles. The number of nitrogens with one attached hydrogen (secondary N) is 3. The van der Waals surface area contributed by atoms with E-state index in [-0.39, 0.29) is 24.4 Å². The van der Waals surface area contributed by atoms with E-state index in [9.17, 15) is 9.18 Å². The van der Waals surface area contributed by atoms with Gasteiger partial charge in [-0.25, -0.2) is 15.0 Å². The summed E-state index contributed by atoms with van der Waals surface area (Å²) in [5, 5.41) is 11.6. The highest BCUT2D eigenvalue weighted by molar-refractivity contribution is 6.06. The van der Waals surface area contributed by atoms with Gasteiger partial charge >= 0.3 is 0 Å². The Morgan fingerprint density at radius 1 is 1.15 bits per heavy atom. The molecular formula is C32H36FN11O3. The summed E-state index contributed by atoms with van der Waals surface area (Å²) in [6.45, 7) is 7.64. The largest absolute Gasteiger partial charge is 0.471 e. The zero-order valence-corrected chi connectivity index (χ0v) is 26.5. The van der Waals surface area contributed by atoms with Crippen molar-refractivity contribution in [1.29, 1.82) is 0 Å². The molecule has 2 fully saturated rings. The summed E-state index contributed by atoms with van der Waals surface area (Å²) in [6, 6.07) is 7.69. The number of hydrogen-bond donors (Lipinski definition) is 3. The summed E-state index contributed by atoms with van der Waals surface area (Å²) in [5.74, 6) is 0.693. The summed E-state index contributed by atoms with van der Waals surface area (Å²) in [6.07, 6.45) is 5.17. The first-order chi connectivity index (χ1) is 22.8. The van der Waals surface area contributed by atoms with Crippen LogP contribution in [0.5, 0.6) is 5.88 Å². The Morgan fingerprint density at radius 2 is 2.00 bits per heavy atom. The molecule has 5 aromatic rings. The number of amides is 1. The summed E-state index contributed by atoms with van der Waals surface area (Å²) < 4.78 is 27.6. The van der Waals surface area contributed by atoms with Gasteiger partial charge in [-0.3, -0.25) is 14.4 Å². The van der Waals surface area contributed by atoms with E-state index < -0.39 is 5.82 Å². The van der Waals surface area contributed by atoms with E-state index >= 15 is 0 Å². The molecule has 0 saturated carbocycles. The van der Waals surface area contributed by atoms with Crippen LogP contribution in [0.15, 0.2) is 42.9 Å². The van der Waals surface area contributed by atoms with Crippen LogP contribution < -0.4 is 20.3 Å². The van der Waals surface area contributed by atoms with Crippen molar-refractivity contribution >= 4 is 40.2 Å². The number of rotatable bonds is 9. The van der Waals surface area contributed by atoms with Crippen molar-refractivity contribution in [3.05, 3.63) is 59.9 Å². The lowest BCUT2D eigenvalue weighted by Crippen LogP contribution is -2.37. The number of halogens is 1. The average molecular weight is 642 g/mol. The van der Waals surface area contributed by atoms with Crippen molar-refractivity contribution in [2.45, 2.75) is 26.4 Å². The van der Waals surface area contributed by atoms with Gasteiger partial charge in [0.05, 0.1) is 42.9 Å². The molecule has 0 radical (unpaired) electrons. The highest BCUT2D eigenvalue weighted by Crippen LogP contribution is 2.33. The molecule has 1 aromatic carbocycles. The number of carbonyl (C=O) groups excluding carboxylic acids is 1. The molecule has 47 heavy (non-hydrogen) atoms. The predicted molar refractivity (Wildman–Crippen MR) is 174 cm³/mol. The zero-order valence-electron chi connectivity index (χ0n) is 26.5. The fourth-order valence-electron chi connectivity index (χ4n) is 5.89. The third-order valence-electron chi connectivity index (χ3n) is 8.44. The number of nitrogens with zero attached hydrogens (tertiary/aromatic N) is 8. The molecule has 4 aromatic heterocycles. The van der Waals surface area contributed by atoms with Crippen LogP contribution in [0, 0.1) is 19.7 Å². The maximum Gasteiger partial charge on any atom is 0.255 e. The highest BCUT2D eigenvalue weighted by Gasteiger charge is 2.28. The molecule has 1 amide bonds. The lowest BCUT2D eigenvalue weighted by Gasteiger charge is -2.27. The fraction of sp³-hybridized carbons (Fsp3) is 0.375. The third-order valence-corrected chi connectivity index (χ3v) is 8.44. The molecule has 3 N–H and O–H groups in total. The number of aromatic amines is 1. The second kappa shape index (κ2) is 12.9. The van der Waals surface area contributed by atoms with Gasteiger partial charge in [-0.05, 0) is 31.9 Å². The standard InChI is InChI=1S/C32H36FN11O3/c1-19-14-35-31(38-26-13-20(2)42(3)41-26)39-28(19)23-15-34-29-22(23)5-4-6-25(29)37-27(45)18-43-8-7-21(17-43)47-30-24(33)16-36-32(40-30)44-9-11-46-12-10-44/h4-6,13-16,21,34H,7-12,17-18H2,1-3H3,(H,37,45)(H,35,38,39,41). The number of carbonyl (C=O) groups is 1. The normalized spacial score (nSPS) is 16.9. The van der Waals surface area contributed by atoms with E-state index in [1.54, 1.807) is 10.9 Å². The number of likely N-dealkylation sites (tertiary alicyclic amines) is 1. The van der Waals surface area contributed by atoms with Crippen LogP contribution in [0.3, 0.4) is 0 Å². The van der Waals surface area contributed by atoms with Crippen LogP contribution in [-0.4, -0.2) is 97.5 Å². The van der Waals surface area contributed by atoms with Gasteiger partial charge in [0, 0.05) is 68.3 Å². The average Bonchev–Trinajstić information content (AvgIpc) is 3.78. The van der Waals surface area contributed by atoms with Gasteiger partial charge in [0.2, 0.25) is 23.6 Å². The number of morpholine rings is 1. The van der Waals surface area contributed by atoms with Gasteiger partial charge in [0.25, 0.3) is 5.88 Å². The minimum absolute atomic E-state index is 0.0688. The first-order valence-electron chi connectivity index (χ1n) is 15.6. The lowest BCUT2D eigenvalue weighted by atomic mass is 10.1. The molecule has 1 unspecified atom stereocenters. The van der Waals surface area contributed by atoms with Gasteiger partial charge in [-0.15, -0.1) is 0 Å². The second-order valence-electron chi connectivity index (χ2n) is 11.8. The smallest absolute Gasteiger partial charge is 0.255 e. The number of ether oxygens (including phenoxy) is 2. The molecule has 2 aliphatic rings. The van der Waals surface area contributed by atoms with E-state index in [1.807, 2.05) is 61.2 Å². The molecule has 0 bridgehead atoms. The maximum atomic E-state index is 14.5. The molecule has 15 heteroatoms. The number of hydrogen-bond acceptors (Lipinski definition) is 11. The number of fused-ring (bicyclic) bond motifs is 1. The van der Waals surface area contributed by atoms with Crippen molar-refractivity contribution in [1.82, 2.24) is 39.6 Å². The SMILES string of the molecule is Cc1cnc(Nc2cc(C)n(C)n2)nc1-c1c[nH]c2c(NC(=O)CN3CCC(Oc4nc(N5CCOCC5)ncc4F)C3)cccc12. The number of aromatic nitrogens is 7. The van der Waals surface area contributed by atoms with Gasteiger partial charge in [-0.2, -0.15) is 14.5 Å². The lowest BCUT2D eigenvalue weighted by molar-refractivity contribution is -0.117. The Hall–Kier alpha value is -5.15. The molecule has 6 heterocycles. The van der Waals surface area contributed by atoms with Gasteiger partial charge < -0.3 is 30.0 Å². The molecule has 244 valence electrons. The zero-order chi connectivity index (χ0) is 32.5. The van der Waals surface area contributed by atoms with Crippen LogP contribution in [-0.2, 0) is 16.6 Å². The van der Waals surface area contributed by atoms with Crippen LogP contribution >= 0.6 is 0 Å². The first kappa shape index (κ1) is 30.5. The fourth-order valence-corrected chi connectivity index (χ4v) is 5.89. The summed E-state index contributed by atoms with van der Waals surface area (Å²) in [4.78, 5) is 38.1. The van der Waals surface area contributed by atoms with Crippen molar-refractivity contribution in [3.8, 4) is 17.1 Å². The quantitative estimate of drug-likeness (QED) is 0.217. The van der Waals surface area contributed by atoms with Crippen molar-refractivity contribution in [3.63, 3.8) is 0 Å². The first-order valence-corrected chi connectivity index (χ1v) is 15.6. The Balaban J connectivity index is 0.999. The second-order valence-corrected chi connectivity index (χ2v) is 11.8. The molecule has 2 aliphatic heterocycles. The van der Waals surface area contributed by atoms with Crippen molar-refractivity contribution in [2.24, 2.45) is 7.05 Å². The van der Waals surface area contributed by atoms with Crippen LogP contribution in [0.25, 0.3) is 22.2 Å². The minimum Gasteiger partial charge on any atom is -0.471 e. The van der Waals surface area contributed by atoms with E-state index in [1.165, 1.54) is 0 Å². The number of benzene rings is 1. The van der Waals surface area contributed by atoms with Gasteiger partial charge in [0.15, 0.2) is 5.82 Å². The maximum absolute atomic E-state index is 14.5. The Kier molecular flexibility index (Phi) is 8.39. The van der Waals surface area contributed by atoms with E-state index in [0.29, 0.717) is 69.2 Å². The van der Waals surface area contributed by atoms with E-state index in [0.717, 1.165) is 39.6 Å².